The number of benzene rings is 1. The third kappa shape index (κ3) is 3.43. The van der Waals surface area contributed by atoms with Crippen molar-refractivity contribution in [3.05, 3.63) is 50.7 Å². The summed E-state index contributed by atoms with van der Waals surface area (Å²) < 4.78 is 6.27. The second-order valence-corrected chi connectivity index (χ2v) is 4.47. The molecule has 2 aromatic rings. The van der Waals surface area contributed by atoms with Crippen molar-refractivity contribution in [2.24, 2.45) is 10.8 Å². The van der Waals surface area contributed by atoms with Crippen molar-refractivity contribution in [3.63, 3.8) is 0 Å². The summed E-state index contributed by atoms with van der Waals surface area (Å²) in [6.45, 7) is 2.10. The van der Waals surface area contributed by atoms with Gasteiger partial charge in [-0.2, -0.15) is 5.10 Å². The minimum atomic E-state index is -0.947. The molecular formula is C14H15N5O5. The number of nitrogens with zero attached hydrogens (tertiary/aromatic N) is 2. The number of para-hydroxylation sites is 2. The van der Waals surface area contributed by atoms with E-state index in [4.69, 9.17) is 10.5 Å². The zero-order valence-corrected chi connectivity index (χ0v) is 12.6. The Hall–Kier alpha value is -3.56. The van der Waals surface area contributed by atoms with E-state index in [1.807, 2.05) is 5.43 Å². The van der Waals surface area contributed by atoms with Gasteiger partial charge in [-0.05, 0) is 19.1 Å². The summed E-state index contributed by atoms with van der Waals surface area (Å²) in [4.78, 5) is 36.6. The van der Waals surface area contributed by atoms with Gasteiger partial charge in [0.05, 0.1) is 18.5 Å². The highest BCUT2D eigenvalue weighted by molar-refractivity contribution is 5.83. The molecule has 0 aliphatic heterocycles. The molecule has 0 saturated carbocycles. The van der Waals surface area contributed by atoms with E-state index in [1.54, 1.807) is 25.1 Å². The Balaban J connectivity index is 2.64. The van der Waals surface area contributed by atoms with E-state index in [2.05, 4.69) is 10.1 Å². The number of carbonyl (C=O) groups excluding carboxylic acids is 1. The average Bonchev–Trinajstić information content (AvgIpc) is 2.52. The molecular weight excluding hydrogens is 318 g/mol. The molecule has 0 spiro atoms. The number of hydrogen-bond donors (Lipinski definition) is 4. The van der Waals surface area contributed by atoms with E-state index in [0.29, 0.717) is 12.4 Å². The molecule has 2 amide bonds. The minimum Gasteiger partial charge on any atom is -0.493 e. The molecule has 1 aromatic carbocycles. The molecule has 5 N–H and O–H groups in total. The summed E-state index contributed by atoms with van der Waals surface area (Å²) in [5, 5.41) is 13.7. The maximum atomic E-state index is 12.1. The van der Waals surface area contributed by atoms with Crippen LogP contribution < -0.4 is 27.1 Å². The van der Waals surface area contributed by atoms with Crippen LogP contribution in [0, 0.1) is 0 Å². The molecule has 2 rings (SSSR count). The van der Waals surface area contributed by atoms with Gasteiger partial charge in [0.25, 0.3) is 5.56 Å². The van der Waals surface area contributed by atoms with Crippen LogP contribution in [0.15, 0.2) is 39.0 Å². The van der Waals surface area contributed by atoms with Gasteiger partial charge in [-0.15, -0.1) is 0 Å². The number of ether oxygens (including phenoxy) is 1. The summed E-state index contributed by atoms with van der Waals surface area (Å²) in [5.74, 6) is -0.325. The van der Waals surface area contributed by atoms with Crippen molar-refractivity contribution >= 4 is 12.2 Å². The smallest absolute Gasteiger partial charge is 0.335 e. The van der Waals surface area contributed by atoms with Crippen LogP contribution >= 0.6 is 0 Å². The SMILES string of the molecule is CCOc1ccccc1-n1c(O)c(/C=N/NC(N)=O)c(=O)[nH]c1=O. The van der Waals surface area contributed by atoms with Gasteiger partial charge in [-0.25, -0.2) is 19.6 Å². The Morgan fingerprint density at radius 2 is 2.17 bits per heavy atom. The summed E-state index contributed by atoms with van der Waals surface area (Å²) >= 11 is 0. The maximum absolute atomic E-state index is 12.1. The first-order valence-corrected chi connectivity index (χ1v) is 6.84. The van der Waals surface area contributed by atoms with E-state index in [9.17, 15) is 19.5 Å². The van der Waals surface area contributed by atoms with E-state index < -0.39 is 23.2 Å². The largest absolute Gasteiger partial charge is 0.493 e. The van der Waals surface area contributed by atoms with Crippen LogP contribution in [0.5, 0.6) is 11.6 Å². The average molecular weight is 333 g/mol. The highest BCUT2D eigenvalue weighted by Gasteiger charge is 2.17. The second-order valence-electron chi connectivity index (χ2n) is 4.47. The molecule has 0 bridgehead atoms. The number of primary amides is 1. The number of aromatic nitrogens is 2. The molecule has 0 unspecified atom stereocenters. The lowest BCUT2D eigenvalue weighted by Crippen LogP contribution is -2.32. The van der Waals surface area contributed by atoms with Crippen LogP contribution in [0.4, 0.5) is 4.79 Å². The molecule has 0 atom stereocenters. The maximum Gasteiger partial charge on any atom is 0.335 e. The first-order chi connectivity index (χ1) is 11.5. The standard InChI is InChI=1S/C14H15N5O5/c1-2-24-10-6-4-3-5-9(10)19-12(21)8(7-16-18-13(15)22)11(20)17-14(19)23/h3-7,21H,2H2,1H3,(H3,15,18,22)(H,17,20,23)/b16-7+. The Morgan fingerprint density at radius 3 is 2.83 bits per heavy atom. The number of hydrogen-bond acceptors (Lipinski definition) is 6. The number of H-pyrrole nitrogens is 1. The second kappa shape index (κ2) is 7.13. The normalized spacial score (nSPS) is 10.7. The number of aromatic hydroxyl groups is 1. The molecule has 0 aliphatic rings. The fourth-order valence-corrected chi connectivity index (χ4v) is 1.96. The Morgan fingerprint density at radius 1 is 1.46 bits per heavy atom. The minimum absolute atomic E-state index is 0.232. The molecule has 0 radical (unpaired) electrons. The zero-order valence-electron chi connectivity index (χ0n) is 12.6. The van der Waals surface area contributed by atoms with Crippen molar-refractivity contribution in [2.45, 2.75) is 6.92 Å². The number of amides is 2. The summed E-state index contributed by atoms with van der Waals surface area (Å²) in [6, 6.07) is 5.53. The Labute approximate surface area is 135 Å². The number of nitrogens with two attached hydrogens (primary N) is 1. The van der Waals surface area contributed by atoms with Crippen LogP contribution in [-0.4, -0.2) is 33.5 Å². The lowest BCUT2D eigenvalue weighted by molar-refractivity contribution is 0.249. The van der Waals surface area contributed by atoms with Crippen molar-refractivity contribution in [1.82, 2.24) is 15.0 Å². The Kier molecular flexibility index (Phi) is 5.00. The number of urea groups is 1. The number of nitrogens with one attached hydrogen (secondary N) is 2. The van der Waals surface area contributed by atoms with Gasteiger partial charge in [0.15, 0.2) is 0 Å². The summed E-state index contributed by atoms with van der Waals surface area (Å²) in [6.07, 6.45) is 0.873. The van der Waals surface area contributed by atoms with Crippen molar-refractivity contribution in [3.8, 4) is 17.3 Å². The molecule has 0 fully saturated rings. The van der Waals surface area contributed by atoms with E-state index in [1.165, 1.54) is 6.07 Å². The van der Waals surface area contributed by atoms with Gasteiger partial charge in [0.1, 0.15) is 11.3 Å². The molecule has 1 aromatic heterocycles. The van der Waals surface area contributed by atoms with Crippen molar-refractivity contribution in [2.75, 3.05) is 6.61 Å². The predicted molar refractivity (Wildman–Crippen MR) is 85.8 cm³/mol. The monoisotopic (exact) mass is 333 g/mol. The fraction of sp³-hybridized carbons (Fsp3) is 0.143. The zero-order chi connectivity index (χ0) is 17.7. The Bertz CT molecular complexity index is 899. The van der Waals surface area contributed by atoms with E-state index in [-0.39, 0.29) is 11.3 Å². The summed E-state index contributed by atoms with van der Waals surface area (Å²) in [5.41, 5.74) is 4.89. The molecule has 0 aliphatic carbocycles. The van der Waals surface area contributed by atoms with Crippen LogP contribution in [-0.2, 0) is 0 Å². The van der Waals surface area contributed by atoms with Crippen LogP contribution in [0.1, 0.15) is 12.5 Å². The lowest BCUT2D eigenvalue weighted by atomic mass is 10.2. The quantitative estimate of drug-likeness (QED) is 0.434. The van der Waals surface area contributed by atoms with Crippen molar-refractivity contribution < 1.29 is 14.6 Å². The highest BCUT2D eigenvalue weighted by Crippen LogP contribution is 2.24. The van der Waals surface area contributed by atoms with Crippen molar-refractivity contribution in [1.29, 1.82) is 0 Å². The number of carbonyl (C=O) groups is 1. The lowest BCUT2D eigenvalue weighted by Gasteiger charge is -2.13. The number of rotatable bonds is 5. The fourth-order valence-electron chi connectivity index (χ4n) is 1.96. The molecule has 24 heavy (non-hydrogen) atoms. The van der Waals surface area contributed by atoms with Gasteiger partial charge >= 0.3 is 11.7 Å². The van der Waals surface area contributed by atoms with Gasteiger partial charge in [-0.3, -0.25) is 9.78 Å². The first-order valence-electron chi connectivity index (χ1n) is 6.84. The molecule has 1 heterocycles. The van der Waals surface area contributed by atoms with E-state index in [0.717, 1.165) is 10.8 Å². The topological polar surface area (TPSA) is 152 Å². The van der Waals surface area contributed by atoms with Gasteiger partial charge < -0.3 is 15.6 Å². The molecule has 10 nitrogen and oxygen atoms in total. The third-order valence-electron chi connectivity index (χ3n) is 2.90. The number of hydrazone groups is 1. The van der Waals surface area contributed by atoms with Crippen LogP contribution in [0.2, 0.25) is 0 Å². The van der Waals surface area contributed by atoms with Crippen LogP contribution in [0.3, 0.4) is 0 Å². The highest BCUT2D eigenvalue weighted by atomic mass is 16.5. The molecule has 126 valence electrons. The van der Waals surface area contributed by atoms with Gasteiger partial charge in [0.2, 0.25) is 5.88 Å². The van der Waals surface area contributed by atoms with Gasteiger partial charge in [-0.1, -0.05) is 12.1 Å². The van der Waals surface area contributed by atoms with E-state index >= 15 is 0 Å². The van der Waals surface area contributed by atoms with Gasteiger partial charge in [0, 0.05) is 0 Å². The predicted octanol–water partition coefficient (Wildman–Crippen LogP) is -0.368. The van der Waals surface area contributed by atoms with Crippen LogP contribution in [0.25, 0.3) is 5.69 Å². The number of aromatic amines is 1. The summed E-state index contributed by atoms with van der Waals surface area (Å²) in [7, 11) is 0. The first kappa shape index (κ1) is 16.8. The molecule has 0 saturated heterocycles. The third-order valence-corrected chi connectivity index (χ3v) is 2.90. The molecule has 10 heteroatoms.